The van der Waals surface area contributed by atoms with Crippen molar-refractivity contribution >= 4 is 23.9 Å². The molecular weight excluding hydrogens is 356 g/mol. The molecule has 1 aliphatic rings. The molecule has 150 valence electrons. The van der Waals surface area contributed by atoms with Gasteiger partial charge in [0.25, 0.3) is 0 Å². The molecule has 0 spiro atoms. The number of ether oxygens (including phenoxy) is 2. The Morgan fingerprint density at radius 1 is 1.23 bits per heavy atom. The number of amides is 2. The van der Waals surface area contributed by atoms with Gasteiger partial charge >= 0.3 is 18.1 Å². The molecule has 1 aliphatic heterocycles. The van der Waals surface area contributed by atoms with E-state index >= 15 is 0 Å². The predicted octanol–water partition coefficient (Wildman–Crippen LogP) is 2.54. The second-order valence-corrected chi connectivity index (χ2v) is 7.52. The molecule has 0 saturated carbocycles. The minimum absolute atomic E-state index is 0.258. The molecule has 0 fully saturated rings. The Morgan fingerprint density at radius 3 is 2.27 bits per heavy atom. The molecule has 0 aromatic heterocycles. The quantitative estimate of drug-likeness (QED) is 0.641. The smallest absolute Gasteiger partial charge is 0.386 e. The van der Waals surface area contributed by atoms with Crippen LogP contribution in [0.2, 0.25) is 0 Å². The molecule has 1 N–H and O–H groups in total. The maximum Gasteiger partial charge on any atom is 0.414 e. The number of carbonyl (C=O) groups is 2. The third kappa shape index (κ3) is 5.70. The third-order valence-electron chi connectivity index (χ3n) is 3.71. The standard InChI is InChI=1S/C17H32N4O4S/c1-8-20(9-2)16(23)25-17(24-15(22)19(5)6)10-14(12-26-7)18-21(17)11-13(3)4/h10,13,18H,8-9,11-12H2,1-7H3. The van der Waals surface area contributed by atoms with Crippen molar-refractivity contribution in [3.05, 3.63) is 11.8 Å². The first kappa shape index (κ1) is 22.4. The van der Waals surface area contributed by atoms with Gasteiger partial charge in [-0.25, -0.2) is 9.59 Å². The summed E-state index contributed by atoms with van der Waals surface area (Å²) in [5.74, 6) is -0.677. The van der Waals surface area contributed by atoms with E-state index in [9.17, 15) is 9.59 Å². The summed E-state index contributed by atoms with van der Waals surface area (Å²) in [6.07, 6.45) is 2.53. The fourth-order valence-electron chi connectivity index (χ4n) is 2.43. The normalized spacial score (nSPS) is 19.8. The number of rotatable bonds is 8. The lowest BCUT2D eigenvalue weighted by molar-refractivity contribution is -0.236. The summed E-state index contributed by atoms with van der Waals surface area (Å²) >= 11 is 1.62. The van der Waals surface area contributed by atoms with Gasteiger partial charge in [0.1, 0.15) is 0 Å². The fraction of sp³-hybridized carbons (Fsp3) is 0.765. The topological polar surface area (TPSA) is 74.3 Å². The second kappa shape index (κ2) is 9.91. The highest BCUT2D eigenvalue weighted by Gasteiger charge is 2.49. The second-order valence-electron chi connectivity index (χ2n) is 6.65. The van der Waals surface area contributed by atoms with Gasteiger partial charge in [0, 0.05) is 51.3 Å². The molecule has 0 saturated heterocycles. The summed E-state index contributed by atoms with van der Waals surface area (Å²) in [4.78, 5) is 27.8. The van der Waals surface area contributed by atoms with Crippen molar-refractivity contribution in [1.82, 2.24) is 20.2 Å². The molecule has 0 aliphatic carbocycles. The number of nitrogens with zero attached hydrogens (tertiary/aromatic N) is 3. The molecule has 1 atom stereocenters. The Hall–Kier alpha value is -1.61. The van der Waals surface area contributed by atoms with Gasteiger partial charge in [-0.3, -0.25) is 0 Å². The summed E-state index contributed by atoms with van der Waals surface area (Å²) in [6.45, 7) is 9.37. The first-order valence-corrected chi connectivity index (χ1v) is 10.2. The highest BCUT2D eigenvalue weighted by molar-refractivity contribution is 7.98. The van der Waals surface area contributed by atoms with E-state index in [-0.39, 0.29) is 5.92 Å². The Morgan fingerprint density at radius 2 is 1.81 bits per heavy atom. The average Bonchev–Trinajstić information content (AvgIpc) is 2.84. The highest BCUT2D eigenvalue weighted by Crippen LogP contribution is 2.30. The van der Waals surface area contributed by atoms with Crippen LogP contribution in [0.25, 0.3) is 0 Å². The average molecular weight is 389 g/mol. The Balaban J connectivity index is 3.24. The van der Waals surface area contributed by atoms with Crippen molar-refractivity contribution in [3.8, 4) is 0 Å². The molecule has 1 heterocycles. The molecular formula is C17H32N4O4S. The molecule has 1 rings (SSSR count). The number of thioether (sulfide) groups is 1. The zero-order chi connectivity index (χ0) is 19.9. The Kier molecular flexibility index (Phi) is 8.55. The van der Waals surface area contributed by atoms with Crippen molar-refractivity contribution in [2.24, 2.45) is 5.92 Å². The SMILES string of the molecule is CCN(CC)C(=O)OC1(OC(=O)N(C)C)C=C(CSC)NN1CC(C)C. The van der Waals surface area contributed by atoms with E-state index in [4.69, 9.17) is 9.47 Å². The van der Waals surface area contributed by atoms with Crippen LogP contribution in [0.4, 0.5) is 9.59 Å². The van der Waals surface area contributed by atoms with Gasteiger partial charge in [0.15, 0.2) is 0 Å². The lowest BCUT2D eigenvalue weighted by atomic mass is 10.2. The molecule has 9 heteroatoms. The summed E-state index contributed by atoms with van der Waals surface area (Å²) in [7, 11) is 3.17. The summed E-state index contributed by atoms with van der Waals surface area (Å²) in [5, 5.41) is 1.67. The van der Waals surface area contributed by atoms with Crippen LogP contribution in [0.15, 0.2) is 11.8 Å². The van der Waals surface area contributed by atoms with Gasteiger partial charge in [0.2, 0.25) is 0 Å². The molecule has 26 heavy (non-hydrogen) atoms. The van der Waals surface area contributed by atoms with E-state index in [1.165, 1.54) is 4.90 Å². The Bertz CT molecular complexity index is 523. The van der Waals surface area contributed by atoms with Crippen LogP contribution in [-0.2, 0) is 9.47 Å². The summed E-state index contributed by atoms with van der Waals surface area (Å²) in [6, 6.07) is 0. The maximum absolute atomic E-state index is 12.6. The number of nitrogens with one attached hydrogen (secondary N) is 1. The molecule has 0 bridgehead atoms. The van der Waals surface area contributed by atoms with Gasteiger partial charge in [-0.1, -0.05) is 13.8 Å². The monoisotopic (exact) mass is 388 g/mol. The van der Waals surface area contributed by atoms with Gasteiger partial charge in [-0.05, 0) is 26.0 Å². The van der Waals surface area contributed by atoms with E-state index in [2.05, 4.69) is 5.43 Å². The van der Waals surface area contributed by atoms with Crippen molar-refractivity contribution in [1.29, 1.82) is 0 Å². The van der Waals surface area contributed by atoms with Crippen molar-refractivity contribution in [2.45, 2.75) is 33.6 Å². The lowest BCUT2D eigenvalue weighted by Gasteiger charge is -2.37. The van der Waals surface area contributed by atoms with E-state index < -0.39 is 18.1 Å². The van der Waals surface area contributed by atoms with E-state index in [0.717, 1.165) is 5.70 Å². The highest BCUT2D eigenvalue weighted by atomic mass is 32.2. The summed E-state index contributed by atoms with van der Waals surface area (Å²) < 4.78 is 11.4. The molecule has 2 amide bonds. The van der Waals surface area contributed by atoms with Crippen molar-refractivity contribution in [3.63, 3.8) is 0 Å². The van der Waals surface area contributed by atoms with Gasteiger partial charge in [-0.2, -0.15) is 11.8 Å². The third-order valence-corrected chi connectivity index (χ3v) is 4.31. The molecule has 8 nitrogen and oxygen atoms in total. The minimum atomic E-state index is -1.61. The first-order valence-electron chi connectivity index (χ1n) is 8.82. The van der Waals surface area contributed by atoms with Crippen molar-refractivity contribution in [2.75, 3.05) is 45.7 Å². The van der Waals surface area contributed by atoms with Crippen LogP contribution >= 0.6 is 11.8 Å². The van der Waals surface area contributed by atoms with Crippen LogP contribution in [-0.4, -0.2) is 78.6 Å². The van der Waals surface area contributed by atoms with Crippen LogP contribution in [0.3, 0.4) is 0 Å². The zero-order valence-electron chi connectivity index (χ0n) is 16.9. The minimum Gasteiger partial charge on any atom is -0.386 e. The number of hydrogen-bond donors (Lipinski definition) is 1. The Labute approximate surface area is 160 Å². The van der Waals surface area contributed by atoms with Gasteiger partial charge in [-0.15, -0.1) is 5.01 Å². The van der Waals surface area contributed by atoms with Crippen LogP contribution in [0, 0.1) is 5.92 Å². The van der Waals surface area contributed by atoms with E-state index in [1.54, 1.807) is 41.8 Å². The summed E-state index contributed by atoms with van der Waals surface area (Å²) in [5.41, 5.74) is 4.05. The molecule has 0 aromatic rings. The molecule has 1 unspecified atom stereocenters. The largest absolute Gasteiger partial charge is 0.414 e. The maximum atomic E-state index is 12.6. The van der Waals surface area contributed by atoms with Crippen LogP contribution in [0.5, 0.6) is 0 Å². The predicted molar refractivity (Wildman–Crippen MR) is 103 cm³/mol. The lowest BCUT2D eigenvalue weighted by Crippen LogP contribution is -2.57. The van der Waals surface area contributed by atoms with Gasteiger partial charge < -0.3 is 24.7 Å². The zero-order valence-corrected chi connectivity index (χ0v) is 17.7. The first-order chi connectivity index (χ1) is 12.2. The molecule has 0 aromatic carbocycles. The fourth-order valence-corrected chi connectivity index (χ4v) is 2.89. The van der Waals surface area contributed by atoms with Crippen molar-refractivity contribution < 1.29 is 19.1 Å². The van der Waals surface area contributed by atoms with E-state index in [1.807, 2.05) is 34.0 Å². The van der Waals surface area contributed by atoms with Crippen LogP contribution < -0.4 is 5.43 Å². The number of hydrazine groups is 1. The van der Waals surface area contributed by atoms with E-state index in [0.29, 0.717) is 25.4 Å². The number of hydrogen-bond acceptors (Lipinski definition) is 7. The van der Waals surface area contributed by atoms with Crippen LogP contribution in [0.1, 0.15) is 27.7 Å². The van der Waals surface area contributed by atoms with Gasteiger partial charge in [0.05, 0.1) is 0 Å². The number of carbonyl (C=O) groups excluding carboxylic acids is 2. The molecule has 0 radical (unpaired) electrons.